The van der Waals surface area contributed by atoms with E-state index in [-0.39, 0.29) is 17.4 Å². The van der Waals surface area contributed by atoms with Gasteiger partial charge in [0.25, 0.3) is 5.91 Å². The highest BCUT2D eigenvalue weighted by atomic mass is 16.1. The van der Waals surface area contributed by atoms with Crippen LogP contribution >= 0.6 is 0 Å². The number of carbonyl (C=O) groups is 1. The number of nitrogens with zero attached hydrogens (tertiary/aromatic N) is 4. The molecule has 0 aliphatic carbocycles. The Balaban J connectivity index is 2.19. The summed E-state index contributed by atoms with van der Waals surface area (Å²) in [5.41, 5.74) is 4.39. The van der Waals surface area contributed by atoms with Gasteiger partial charge >= 0.3 is 0 Å². The van der Waals surface area contributed by atoms with E-state index in [0.29, 0.717) is 5.56 Å². The van der Waals surface area contributed by atoms with Gasteiger partial charge in [0.15, 0.2) is 5.65 Å². The van der Waals surface area contributed by atoms with E-state index in [1.165, 1.54) is 0 Å². The third-order valence-electron chi connectivity index (χ3n) is 4.46. The van der Waals surface area contributed by atoms with E-state index in [0.717, 1.165) is 33.8 Å². The molecule has 0 aromatic carbocycles. The number of aromatic nitrogens is 4. The molecule has 6 nitrogen and oxygen atoms in total. The molecule has 0 aliphatic heterocycles. The molecule has 0 saturated heterocycles. The van der Waals surface area contributed by atoms with Gasteiger partial charge in [-0.05, 0) is 58.7 Å². The lowest BCUT2D eigenvalue weighted by Gasteiger charge is -2.20. The number of hydrogen-bond acceptors (Lipinski definition) is 4. The minimum absolute atomic E-state index is 0.161. The monoisotopic (exact) mass is 365 g/mol. The molecular formula is C21H27N5O. The molecule has 3 rings (SSSR count). The summed E-state index contributed by atoms with van der Waals surface area (Å²) in [5.74, 6) is 0.0409. The second kappa shape index (κ2) is 6.76. The van der Waals surface area contributed by atoms with E-state index >= 15 is 0 Å². The third-order valence-corrected chi connectivity index (χ3v) is 4.46. The third kappa shape index (κ3) is 3.70. The van der Waals surface area contributed by atoms with Gasteiger partial charge in [-0.15, -0.1) is 0 Å². The molecule has 27 heavy (non-hydrogen) atoms. The zero-order chi connectivity index (χ0) is 19.9. The topological polar surface area (TPSA) is 72.7 Å². The fourth-order valence-corrected chi connectivity index (χ4v) is 3.07. The van der Waals surface area contributed by atoms with Crippen LogP contribution in [-0.4, -0.2) is 25.7 Å². The number of nitrogens with one attached hydrogen (secondary N) is 1. The van der Waals surface area contributed by atoms with Crippen molar-refractivity contribution in [2.24, 2.45) is 0 Å². The van der Waals surface area contributed by atoms with Crippen molar-refractivity contribution in [3.05, 3.63) is 47.0 Å². The number of anilines is 1. The Labute approximate surface area is 160 Å². The minimum Gasteiger partial charge on any atom is -0.322 e. The van der Waals surface area contributed by atoms with E-state index in [9.17, 15) is 4.79 Å². The van der Waals surface area contributed by atoms with Crippen LogP contribution in [0.5, 0.6) is 0 Å². The van der Waals surface area contributed by atoms with Crippen LogP contribution in [-0.2, 0) is 5.54 Å². The maximum Gasteiger partial charge on any atom is 0.256 e. The summed E-state index contributed by atoms with van der Waals surface area (Å²) in [5, 5.41) is 8.48. The molecule has 142 valence electrons. The highest BCUT2D eigenvalue weighted by Crippen LogP contribution is 2.29. The molecule has 0 unspecified atom stereocenters. The molecule has 3 heterocycles. The van der Waals surface area contributed by atoms with E-state index in [1.807, 2.05) is 30.7 Å². The molecule has 0 fully saturated rings. The van der Waals surface area contributed by atoms with Crippen molar-refractivity contribution in [3.63, 3.8) is 0 Å². The van der Waals surface area contributed by atoms with Crippen molar-refractivity contribution in [2.45, 2.75) is 59.9 Å². The zero-order valence-electron chi connectivity index (χ0n) is 17.1. The summed E-state index contributed by atoms with van der Waals surface area (Å²) in [6, 6.07) is 5.53. The Bertz CT molecular complexity index is 1010. The largest absolute Gasteiger partial charge is 0.322 e. The highest BCUT2D eigenvalue weighted by Gasteiger charge is 2.25. The SMILES string of the molecule is Cc1cc(NC(=O)c2cc(C(C)C)nc3c2c(C)nn3C(C)(C)C)ccn1. The second-order valence-electron chi connectivity index (χ2n) is 8.26. The Kier molecular flexibility index (Phi) is 4.76. The maximum atomic E-state index is 13.1. The predicted molar refractivity (Wildman–Crippen MR) is 108 cm³/mol. The highest BCUT2D eigenvalue weighted by molar-refractivity contribution is 6.12. The molecule has 6 heteroatoms. The van der Waals surface area contributed by atoms with Gasteiger partial charge in [-0.2, -0.15) is 5.10 Å². The summed E-state index contributed by atoms with van der Waals surface area (Å²) in [6.45, 7) is 14.2. The standard InChI is InChI=1S/C21H27N5O/c1-12(2)17-11-16(20(27)23-15-8-9-22-13(3)10-15)18-14(4)25-26(19(18)24-17)21(5,6)7/h8-12H,1-7H3,(H,22,23,27). The van der Waals surface area contributed by atoms with Crippen LogP contribution in [0.25, 0.3) is 11.0 Å². The first-order valence-electron chi connectivity index (χ1n) is 9.22. The molecule has 3 aromatic heterocycles. The van der Waals surface area contributed by atoms with Gasteiger partial charge in [0, 0.05) is 23.3 Å². The van der Waals surface area contributed by atoms with Crippen molar-refractivity contribution < 1.29 is 4.79 Å². The van der Waals surface area contributed by atoms with Crippen molar-refractivity contribution in [2.75, 3.05) is 5.32 Å². The molecule has 1 amide bonds. The van der Waals surface area contributed by atoms with Crippen LogP contribution in [0.1, 0.15) is 68.0 Å². The lowest BCUT2D eigenvalue weighted by Crippen LogP contribution is -2.24. The average Bonchev–Trinajstić information content (AvgIpc) is 2.91. The van der Waals surface area contributed by atoms with Crippen molar-refractivity contribution >= 4 is 22.6 Å². The molecule has 0 bridgehead atoms. The van der Waals surface area contributed by atoms with Gasteiger partial charge in [-0.1, -0.05) is 13.8 Å². The van der Waals surface area contributed by atoms with Crippen molar-refractivity contribution in [1.29, 1.82) is 0 Å². The summed E-state index contributed by atoms with van der Waals surface area (Å²) in [6.07, 6.45) is 1.69. The fourth-order valence-electron chi connectivity index (χ4n) is 3.07. The van der Waals surface area contributed by atoms with Crippen LogP contribution < -0.4 is 5.32 Å². The van der Waals surface area contributed by atoms with Crippen LogP contribution in [0.3, 0.4) is 0 Å². The van der Waals surface area contributed by atoms with Crippen LogP contribution in [0, 0.1) is 13.8 Å². The quantitative estimate of drug-likeness (QED) is 0.738. The first-order chi connectivity index (χ1) is 12.6. The van der Waals surface area contributed by atoms with Gasteiger partial charge in [0.05, 0.1) is 22.2 Å². The van der Waals surface area contributed by atoms with E-state index in [2.05, 4.69) is 50.0 Å². The summed E-state index contributed by atoms with van der Waals surface area (Å²) in [4.78, 5) is 22.1. The van der Waals surface area contributed by atoms with Gasteiger partial charge in [-0.3, -0.25) is 9.78 Å². The fraction of sp³-hybridized carbons (Fsp3) is 0.429. The number of amides is 1. The van der Waals surface area contributed by atoms with Crippen LogP contribution in [0.15, 0.2) is 24.4 Å². The van der Waals surface area contributed by atoms with Crippen LogP contribution in [0.2, 0.25) is 0 Å². The molecule has 0 radical (unpaired) electrons. The minimum atomic E-state index is -0.231. The Morgan fingerprint density at radius 3 is 2.48 bits per heavy atom. The summed E-state index contributed by atoms with van der Waals surface area (Å²) < 4.78 is 1.91. The first-order valence-corrected chi connectivity index (χ1v) is 9.22. The van der Waals surface area contributed by atoms with Gasteiger partial charge < -0.3 is 5.32 Å². The zero-order valence-corrected chi connectivity index (χ0v) is 17.1. The van der Waals surface area contributed by atoms with E-state index < -0.39 is 0 Å². The number of rotatable bonds is 3. The molecule has 0 atom stereocenters. The number of aryl methyl sites for hydroxylation is 2. The average molecular weight is 365 g/mol. The number of fused-ring (bicyclic) bond motifs is 1. The lowest BCUT2D eigenvalue weighted by atomic mass is 10.0. The molecule has 3 aromatic rings. The normalized spacial score (nSPS) is 12.0. The number of carbonyl (C=O) groups excluding carboxylic acids is 1. The molecule has 0 spiro atoms. The smallest absolute Gasteiger partial charge is 0.256 e. The maximum absolute atomic E-state index is 13.1. The van der Waals surface area contributed by atoms with Crippen LogP contribution in [0.4, 0.5) is 5.69 Å². The summed E-state index contributed by atoms with van der Waals surface area (Å²) in [7, 11) is 0. The molecule has 0 saturated carbocycles. The number of hydrogen-bond donors (Lipinski definition) is 1. The Morgan fingerprint density at radius 1 is 1.19 bits per heavy atom. The lowest BCUT2D eigenvalue weighted by molar-refractivity contribution is 0.102. The first kappa shape index (κ1) is 19.0. The Morgan fingerprint density at radius 2 is 1.89 bits per heavy atom. The second-order valence-corrected chi connectivity index (χ2v) is 8.26. The van der Waals surface area contributed by atoms with Gasteiger partial charge in [-0.25, -0.2) is 9.67 Å². The van der Waals surface area contributed by atoms with Gasteiger partial charge in [0.1, 0.15) is 0 Å². The van der Waals surface area contributed by atoms with E-state index in [4.69, 9.17) is 4.98 Å². The summed E-state index contributed by atoms with van der Waals surface area (Å²) >= 11 is 0. The van der Waals surface area contributed by atoms with Crippen molar-refractivity contribution in [3.8, 4) is 0 Å². The van der Waals surface area contributed by atoms with Gasteiger partial charge in [0.2, 0.25) is 0 Å². The molecule has 0 aliphatic rings. The number of pyridine rings is 2. The predicted octanol–water partition coefficient (Wildman–Crippen LogP) is 4.57. The molecule has 1 N–H and O–H groups in total. The van der Waals surface area contributed by atoms with Crippen molar-refractivity contribution in [1.82, 2.24) is 19.7 Å². The molecular weight excluding hydrogens is 338 g/mol. The van der Waals surface area contributed by atoms with E-state index in [1.54, 1.807) is 12.3 Å². The Hall–Kier alpha value is -2.76.